The minimum atomic E-state index is -1.22. The van der Waals surface area contributed by atoms with Crippen molar-refractivity contribution >= 4 is 24.3 Å². The molecule has 0 aliphatic rings. The fourth-order valence-electron chi connectivity index (χ4n) is 1.54. The average Bonchev–Trinajstić information content (AvgIpc) is 2.23. The summed E-state index contributed by atoms with van der Waals surface area (Å²) in [5.74, 6) is -1.10. The van der Waals surface area contributed by atoms with Gasteiger partial charge in [0.2, 0.25) is 0 Å². The van der Waals surface area contributed by atoms with Crippen LogP contribution in [-0.2, 0) is 19.1 Å². The molecule has 0 aliphatic carbocycles. The highest BCUT2D eigenvalue weighted by atomic mass is 35.5. The first-order valence-electron chi connectivity index (χ1n) is 4.76. The first kappa shape index (κ1) is 17.6. The molecule has 0 aromatic carbocycles. The number of nitrogens with zero attached hydrogens (tertiary/aromatic N) is 1. The molecular formula is C10H20ClNO4. The van der Waals surface area contributed by atoms with Crippen LogP contribution in [0.5, 0.6) is 0 Å². The average molecular weight is 254 g/mol. The molecule has 0 amide bonds. The minimum absolute atomic E-state index is 0. The molecule has 0 bridgehead atoms. The van der Waals surface area contributed by atoms with Crippen LogP contribution >= 0.6 is 12.4 Å². The molecule has 16 heavy (non-hydrogen) atoms. The number of hydrogen-bond donors (Lipinski definition) is 0. The Morgan fingerprint density at radius 3 is 1.69 bits per heavy atom. The van der Waals surface area contributed by atoms with Crippen molar-refractivity contribution in [2.75, 3.05) is 34.9 Å². The topological polar surface area (TPSA) is 55.8 Å². The predicted octanol–water partition coefficient (Wildman–Crippen LogP) is 0.712. The van der Waals surface area contributed by atoms with Gasteiger partial charge in [-0.05, 0) is 20.5 Å². The van der Waals surface area contributed by atoms with E-state index >= 15 is 0 Å². The van der Waals surface area contributed by atoms with Crippen LogP contribution in [0.25, 0.3) is 0 Å². The monoisotopic (exact) mass is 253 g/mol. The Labute approximate surface area is 102 Å². The van der Waals surface area contributed by atoms with E-state index in [0.717, 1.165) is 0 Å². The van der Waals surface area contributed by atoms with Crippen molar-refractivity contribution in [3.63, 3.8) is 0 Å². The number of esters is 2. The van der Waals surface area contributed by atoms with E-state index in [0.29, 0.717) is 6.42 Å². The fourth-order valence-corrected chi connectivity index (χ4v) is 1.54. The quantitative estimate of drug-likeness (QED) is 0.534. The smallest absolute Gasteiger partial charge is 0.324 e. The highest BCUT2D eigenvalue weighted by Crippen LogP contribution is 2.26. The SMILES string of the molecule is CCC(CN(C)C)(C(=O)OC)C(=O)OC.Cl. The predicted molar refractivity (Wildman–Crippen MR) is 62.6 cm³/mol. The Bertz CT molecular complexity index is 227. The molecule has 0 aliphatic heterocycles. The Morgan fingerprint density at radius 2 is 1.50 bits per heavy atom. The molecule has 0 heterocycles. The number of rotatable bonds is 5. The van der Waals surface area contributed by atoms with Crippen LogP contribution in [0, 0.1) is 5.41 Å². The number of methoxy groups -OCH3 is 2. The highest BCUT2D eigenvalue weighted by Gasteiger charge is 2.47. The molecule has 0 unspecified atom stereocenters. The molecule has 0 radical (unpaired) electrons. The molecule has 0 atom stereocenters. The van der Waals surface area contributed by atoms with Crippen molar-refractivity contribution < 1.29 is 19.1 Å². The van der Waals surface area contributed by atoms with Gasteiger partial charge in [-0.1, -0.05) is 6.92 Å². The Morgan fingerprint density at radius 1 is 1.12 bits per heavy atom. The van der Waals surface area contributed by atoms with Gasteiger partial charge >= 0.3 is 11.9 Å². The van der Waals surface area contributed by atoms with Gasteiger partial charge in [0.05, 0.1) is 14.2 Å². The summed E-state index contributed by atoms with van der Waals surface area (Å²) >= 11 is 0. The molecule has 0 aromatic rings. The Balaban J connectivity index is 0. The van der Waals surface area contributed by atoms with Crippen LogP contribution in [0.1, 0.15) is 13.3 Å². The maximum absolute atomic E-state index is 11.7. The van der Waals surface area contributed by atoms with Crippen LogP contribution in [0.4, 0.5) is 0 Å². The molecular weight excluding hydrogens is 234 g/mol. The lowest BCUT2D eigenvalue weighted by Gasteiger charge is -2.29. The summed E-state index contributed by atoms with van der Waals surface area (Å²) in [6, 6.07) is 0. The summed E-state index contributed by atoms with van der Waals surface area (Å²) in [5.41, 5.74) is -1.22. The molecule has 0 aromatic heterocycles. The van der Waals surface area contributed by atoms with E-state index in [4.69, 9.17) is 0 Å². The van der Waals surface area contributed by atoms with Gasteiger partial charge in [-0.2, -0.15) is 0 Å². The normalized spacial score (nSPS) is 10.6. The Hall–Kier alpha value is -0.810. The van der Waals surface area contributed by atoms with E-state index in [1.54, 1.807) is 25.9 Å². The molecule has 0 rings (SSSR count). The maximum atomic E-state index is 11.7. The molecule has 96 valence electrons. The van der Waals surface area contributed by atoms with Gasteiger partial charge < -0.3 is 14.4 Å². The maximum Gasteiger partial charge on any atom is 0.324 e. The summed E-state index contributed by atoms with van der Waals surface area (Å²) in [6.07, 6.45) is 0.352. The number of carbonyl (C=O) groups excluding carboxylic acids is 2. The van der Waals surface area contributed by atoms with E-state index in [1.807, 2.05) is 0 Å². The van der Waals surface area contributed by atoms with Crippen molar-refractivity contribution in [1.29, 1.82) is 0 Å². The first-order chi connectivity index (χ1) is 6.94. The van der Waals surface area contributed by atoms with Crippen LogP contribution in [0.3, 0.4) is 0 Å². The molecule has 0 fully saturated rings. The fraction of sp³-hybridized carbons (Fsp3) is 0.800. The summed E-state index contributed by atoms with van der Waals surface area (Å²) in [5, 5.41) is 0. The number of carbonyl (C=O) groups is 2. The number of halogens is 1. The second kappa shape index (κ2) is 7.46. The third-order valence-corrected chi connectivity index (χ3v) is 2.34. The summed E-state index contributed by atoms with van der Waals surface area (Å²) in [6.45, 7) is 2.04. The van der Waals surface area contributed by atoms with Crippen molar-refractivity contribution in [1.82, 2.24) is 4.90 Å². The van der Waals surface area contributed by atoms with Gasteiger partial charge in [0.25, 0.3) is 0 Å². The van der Waals surface area contributed by atoms with Crippen LogP contribution in [0.2, 0.25) is 0 Å². The van der Waals surface area contributed by atoms with E-state index in [2.05, 4.69) is 9.47 Å². The molecule has 0 saturated heterocycles. The molecule has 0 N–H and O–H groups in total. The van der Waals surface area contributed by atoms with E-state index < -0.39 is 17.4 Å². The standard InChI is InChI=1S/C10H19NO4.ClH/c1-6-10(7-11(2)3,8(12)14-4)9(13)15-5;/h6-7H2,1-5H3;1H. The summed E-state index contributed by atoms with van der Waals surface area (Å²) in [7, 11) is 6.11. The third-order valence-electron chi connectivity index (χ3n) is 2.34. The lowest BCUT2D eigenvalue weighted by molar-refractivity contribution is -0.170. The summed E-state index contributed by atoms with van der Waals surface area (Å²) in [4.78, 5) is 25.1. The second-order valence-electron chi connectivity index (χ2n) is 3.66. The van der Waals surface area contributed by atoms with Gasteiger partial charge in [-0.3, -0.25) is 9.59 Å². The lowest BCUT2D eigenvalue weighted by atomic mass is 9.84. The molecule has 5 nitrogen and oxygen atoms in total. The number of hydrogen-bond acceptors (Lipinski definition) is 5. The lowest BCUT2D eigenvalue weighted by Crippen LogP contribution is -2.47. The van der Waals surface area contributed by atoms with Crippen molar-refractivity contribution in [3.8, 4) is 0 Å². The summed E-state index contributed by atoms with van der Waals surface area (Å²) < 4.78 is 9.33. The van der Waals surface area contributed by atoms with Gasteiger partial charge in [-0.15, -0.1) is 12.4 Å². The minimum Gasteiger partial charge on any atom is -0.468 e. The molecule has 0 spiro atoms. The largest absolute Gasteiger partial charge is 0.468 e. The zero-order chi connectivity index (χ0) is 12.1. The van der Waals surface area contributed by atoms with E-state index in [-0.39, 0.29) is 19.0 Å². The van der Waals surface area contributed by atoms with Crippen LogP contribution in [-0.4, -0.2) is 51.7 Å². The highest BCUT2D eigenvalue weighted by molar-refractivity contribution is 6.00. The molecule has 0 saturated carbocycles. The Kier molecular flexibility index (Phi) is 8.20. The van der Waals surface area contributed by atoms with Gasteiger partial charge in [0, 0.05) is 6.54 Å². The van der Waals surface area contributed by atoms with Gasteiger partial charge in [-0.25, -0.2) is 0 Å². The van der Waals surface area contributed by atoms with Crippen molar-refractivity contribution in [2.24, 2.45) is 5.41 Å². The van der Waals surface area contributed by atoms with Gasteiger partial charge in [0.15, 0.2) is 5.41 Å². The van der Waals surface area contributed by atoms with Crippen LogP contribution < -0.4 is 0 Å². The zero-order valence-electron chi connectivity index (χ0n) is 10.4. The third kappa shape index (κ3) is 3.64. The second-order valence-corrected chi connectivity index (χ2v) is 3.66. The number of ether oxygens (including phenoxy) is 2. The van der Waals surface area contributed by atoms with Crippen molar-refractivity contribution in [2.45, 2.75) is 13.3 Å². The zero-order valence-corrected chi connectivity index (χ0v) is 11.2. The van der Waals surface area contributed by atoms with Crippen LogP contribution in [0.15, 0.2) is 0 Å². The van der Waals surface area contributed by atoms with E-state index in [1.165, 1.54) is 14.2 Å². The first-order valence-corrected chi connectivity index (χ1v) is 4.76. The van der Waals surface area contributed by atoms with Gasteiger partial charge in [0.1, 0.15) is 0 Å². The van der Waals surface area contributed by atoms with E-state index in [9.17, 15) is 9.59 Å². The van der Waals surface area contributed by atoms with Crippen molar-refractivity contribution in [3.05, 3.63) is 0 Å². The molecule has 6 heteroatoms.